The van der Waals surface area contributed by atoms with Crippen molar-refractivity contribution in [3.63, 3.8) is 0 Å². The summed E-state index contributed by atoms with van der Waals surface area (Å²) in [7, 11) is 2.41. The van der Waals surface area contributed by atoms with Crippen molar-refractivity contribution in [2.75, 3.05) is 20.1 Å². The molecule has 0 N–H and O–H groups in total. The third kappa shape index (κ3) is 1.82. The largest absolute Gasteiger partial charge is 0.324 e. The molecule has 3 unspecified atom stereocenters. The fourth-order valence-corrected chi connectivity index (χ4v) is 2.39. The molecule has 12 heavy (non-hydrogen) atoms. The zero-order chi connectivity index (χ0) is 9.19. The number of likely N-dealkylation sites (tertiary alicyclic amines) is 1. The van der Waals surface area contributed by atoms with Crippen LogP contribution in [0.3, 0.4) is 0 Å². The van der Waals surface area contributed by atoms with Crippen molar-refractivity contribution in [3.05, 3.63) is 0 Å². The van der Waals surface area contributed by atoms with Crippen LogP contribution in [0.4, 0.5) is 0 Å². The summed E-state index contributed by atoms with van der Waals surface area (Å²) in [6.07, 6.45) is 4.28. The Hall–Kier alpha value is -0.0400. The van der Waals surface area contributed by atoms with Crippen molar-refractivity contribution in [3.8, 4) is 0 Å². The Bertz CT molecular complexity index is 144. The normalized spacial score (nSPS) is 43.0. The van der Waals surface area contributed by atoms with Gasteiger partial charge in [0.2, 0.25) is 0 Å². The lowest BCUT2D eigenvalue weighted by Gasteiger charge is -2.45. The van der Waals surface area contributed by atoms with Crippen LogP contribution in [0.2, 0.25) is 0 Å². The van der Waals surface area contributed by atoms with Gasteiger partial charge in [-0.25, -0.2) is 0 Å². The van der Waals surface area contributed by atoms with Crippen molar-refractivity contribution < 1.29 is 4.48 Å². The summed E-state index contributed by atoms with van der Waals surface area (Å²) in [6.45, 7) is 9.78. The van der Waals surface area contributed by atoms with Crippen LogP contribution in [0.15, 0.2) is 0 Å². The van der Waals surface area contributed by atoms with E-state index in [1.165, 1.54) is 36.8 Å². The Kier molecular flexibility index (Phi) is 3.16. The lowest BCUT2D eigenvalue weighted by molar-refractivity contribution is -0.936. The Morgan fingerprint density at radius 2 is 2.00 bits per heavy atom. The predicted octanol–water partition coefficient (Wildman–Crippen LogP) is 2.66. The maximum absolute atomic E-state index is 2.42. The molecule has 3 atom stereocenters. The molecule has 1 nitrogen and oxygen atoms in total. The fraction of sp³-hybridized carbons (Fsp3) is 1.00. The number of quaternary nitrogens is 1. The Labute approximate surface area is 77.4 Å². The average molecular weight is 170 g/mol. The first-order valence-corrected chi connectivity index (χ1v) is 5.46. The summed E-state index contributed by atoms with van der Waals surface area (Å²) >= 11 is 0. The highest BCUT2D eigenvalue weighted by molar-refractivity contribution is 4.68. The highest BCUT2D eigenvalue weighted by Gasteiger charge is 2.34. The third-order valence-corrected chi connectivity index (χ3v) is 4.09. The zero-order valence-electron chi connectivity index (χ0n) is 9.14. The molecule has 0 spiro atoms. The van der Waals surface area contributed by atoms with E-state index in [0.29, 0.717) is 0 Å². The smallest absolute Gasteiger partial charge is 0.0862 e. The topological polar surface area (TPSA) is 0 Å². The molecule has 72 valence electrons. The third-order valence-electron chi connectivity index (χ3n) is 4.09. The van der Waals surface area contributed by atoms with Gasteiger partial charge >= 0.3 is 0 Å². The second-order valence-electron chi connectivity index (χ2n) is 4.67. The molecule has 1 rings (SSSR count). The first-order chi connectivity index (χ1) is 5.62. The molecular formula is C11H24N+. The van der Waals surface area contributed by atoms with Gasteiger partial charge in [-0.1, -0.05) is 13.3 Å². The van der Waals surface area contributed by atoms with Crippen LogP contribution in [-0.4, -0.2) is 30.7 Å². The molecular weight excluding hydrogens is 146 g/mol. The molecule has 1 aliphatic heterocycles. The van der Waals surface area contributed by atoms with Crippen molar-refractivity contribution in [1.82, 2.24) is 0 Å². The zero-order valence-corrected chi connectivity index (χ0v) is 9.14. The summed E-state index contributed by atoms with van der Waals surface area (Å²) in [4.78, 5) is 0. The van der Waals surface area contributed by atoms with Gasteiger partial charge in [0.25, 0.3) is 0 Å². The quantitative estimate of drug-likeness (QED) is 0.559. The van der Waals surface area contributed by atoms with Gasteiger partial charge < -0.3 is 4.48 Å². The Morgan fingerprint density at radius 1 is 1.33 bits per heavy atom. The molecule has 0 radical (unpaired) electrons. The van der Waals surface area contributed by atoms with Crippen LogP contribution in [0, 0.1) is 5.92 Å². The number of nitrogens with zero attached hydrogens (tertiary/aromatic N) is 1. The molecule has 1 aliphatic rings. The molecule has 0 aliphatic carbocycles. The van der Waals surface area contributed by atoms with Gasteiger partial charge in [-0.15, -0.1) is 0 Å². The first kappa shape index (κ1) is 10.0. The van der Waals surface area contributed by atoms with Crippen LogP contribution >= 0.6 is 0 Å². The van der Waals surface area contributed by atoms with Crippen LogP contribution in [0.25, 0.3) is 0 Å². The second kappa shape index (κ2) is 3.78. The Morgan fingerprint density at radius 3 is 2.42 bits per heavy atom. The van der Waals surface area contributed by atoms with Gasteiger partial charge in [-0.2, -0.15) is 0 Å². The van der Waals surface area contributed by atoms with E-state index in [1.54, 1.807) is 0 Å². The molecule has 0 aromatic heterocycles. The molecule has 0 amide bonds. The number of rotatable bonds is 2. The molecule has 0 saturated carbocycles. The summed E-state index contributed by atoms with van der Waals surface area (Å²) in [5.41, 5.74) is 0. The Balaban J connectivity index is 2.53. The molecule has 1 fully saturated rings. The highest BCUT2D eigenvalue weighted by atomic mass is 15.4. The minimum atomic E-state index is 0.883. The van der Waals surface area contributed by atoms with E-state index in [2.05, 4.69) is 27.8 Å². The molecule has 1 heterocycles. The maximum Gasteiger partial charge on any atom is 0.0862 e. The molecule has 0 bridgehead atoms. The van der Waals surface area contributed by atoms with E-state index in [-0.39, 0.29) is 0 Å². The molecule has 0 aromatic carbocycles. The molecule has 1 saturated heterocycles. The van der Waals surface area contributed by atoms with E-state index >= 15 is 0 Å². The second-order valence-corrected chi connectivity index (χ2v) is 4.67. The fourth-order valence-electron chi connectivity index (χ4n) is 2.39. The SMILES string of the molecule is CCC1CC[N+](C)(CC)C(C)C1. The number of hydrogen-bond donors (Lipinski definition) is 0. The minimum Gasteiger partial charge on any atom is -0.324 e. The highest BCUT2D eigenvalue weighted by Crippen LogP contribution is 2.29. The monoisotopic (exact) mass is 170 g/mol. The van der Waals surface area contributed by atoms with Gasteiger partial charge in [-0.05, 0) is 26.2 Å². The summed E-state index contributed by atoms with van der Waals surface area (Å²) in [6, 6.07) is 0.883. The van der Waals surface area contributed by atoms with Gasteiger partial charge in [-0.3, -0.25) is 0 Å². The van der Waals surface area contributed by atoms with E-state index < -0.39 is 0 Å². The van der Waals surface area contributed by atoms with Crippen molar-refractivity contribution in [1.29, 1.82) is 0 Å². The summed E-state index contributed by atoms with van der Waals surface area (Å²) < 4.78 is 1.30. The standard InChI is InChI=1S/C11H24N/c1-5-11-7-8-12(4,6-2)10(3)9-11/h10-11H,5-9H2,1-4H3/q+1. The van der Waals surface area contributed by atoms with Gasteiger partial charge in [0.05, 0.1) is 26.2 Å². The van der Waals surface area contributed by atoms with Crippen LogP contribution in [0.5, 0.6) is 0 Å². The van der Waals surface area contributed by atoms with Crippen molar-refractivity contribution >= 4 is 0 Å². The lowest BCUT2D eigenvalue weighted by atomic mass is 9.88. The molecule has 0 aromatic rings. The molecule has 1 heteroatoms. The van der Waals surface area contributed by atoms with Crippen LogP contribution in [0.1, 0.15) is 40.0 Å². The van der Waals surface area contributed by atoms with Crippen molar-refractivity contribution in [2.45, 2.75) is 46.1 Å². The van der Waals surface area contributed by atoms with E-state index in [4.69, 9.17) is 0 Å². The van der Waals surface area contributed by atoms with Gasteiger partial charge in [0.15, 0.2) is 0 Å². The van der Waals surface area contributed by atoms with Gasteiger partial charge in [0, 0.05) is 6.42 Å². The average Bonchev–Trinajstić information content (AvgIpc) is 2.10. The minimum absolute atomic E-state index is 0.883. The van der Waals surface area contributed by atoms with Crippen LogP contribution < -0.4 is 0 Å². The van der Waals surface area contributed by atoms with E-state index in [1.807, 2.05) is 0 Å². The van der Waals surface area contributed by atoms with Crippen molar-refractivity contribution in [2.24, 2.45) is 5.92 Å². The maximum atomic E-state index is 2.42. The van der Waals surface area contributed by atoms with Crippen LogP contribution in [-0.2, 0) is 0 Å². The number of piperidine rings is 1. The lowest BCUT2D eigenvalue weighted by Crippen LogP contribution is -2.55. The summed E-state index contributed by atoms with van der Waals surface area (Å²) in [5, 5.41) is 0. The van der Waals surface area contributed by atoms with E-state index in [0.717, 1.165) is 12.0 Å². The first-order valence-electron chi connectivity index (χ1n) is 5.46. The van der Waals surface area contributed by atoms with E-state index in [9.17, 15) is 0 Å². The van der Waals surface area contributed by atoms with Gasteiger partial charge in [0.1, 0.15) is 0 Å². The number of hydrogen-bond acceptors (Lipinski definition) is 0. The predicted molar refractivity (Wildman–Crippen MR) is 54.1 cm³/mol. The summed E-state index contributed by atoms with van der Waals surface area (Å²) in [5.74, 6) is 1.01.